The zero-order chi connectivity index (χ0) is 13.5. The monoisotopic (exact) mass is 286 g/mol. The zero-order valence-electron chi connectivity index (χ0n) is 9.77. The second-order valence-corrected chi connectivity index (χ2v) is 6.51. The van der Waals surface area contributed by atoms with Gasteiger partial charge in [0.05, 0.1) is 5.02 Å². The molecular formula is C11H11ClN2O3S. The molecule has 2 rings (SSSR count). The summed E-state index contributed by atoms with van der Waals surface area (Å²) < 4.78 is 25.2. The van der Waals surface area contributed by atoms with Crippen molar-refractivity contribution in [3.8, 4) is 0 Å². The minimum atomic E-state index is -3.60. The van der Waals surface area contributed by atoms with Crippen molar-refractivity contribution in [2.24, 2.45) is 0 Å². The van der Waals surface area contributed by atoms with Crippen LogP contribution in [0.2, 0.25) is 5.02 Å². The highest BCUT2D eigenvalue weighted by Crippen LogP contribution is 2.27. The Morgan fingerprint density at radius 1 is 1.22 bits per heavy atom. The first-order valence-electron chi connectivity index (χ1n) is 5.07. The molecule has 1 aromatic heterocycles. The van der Waals surface area contributed by atoms with Crippen LogP contribution in [0.5, 0.6) is 0 Å². The minimum Gasteiger partial charge on any atom is -0.322 e. The van der Waals surface area contributed by atoms with Crippen LogP contribution in [-0.4, -0.2) is 31.8 Å². The number of halogens is 1. The summed E-state index contributed by atoms with van der Waals surface area (Å²) in [6.07, 6.45) is 0. The van der Waals surface area contributed by atoms with Gasteiger partial charge in [0.15, 0.2) is 0 Å². The van der Waals surface area contributed by atoms with Crippen LogP contribution in [0.4, 0.5) is 0 Å². The van der Waals surface area contributed by atoms with E-state index in [4.69, 9.17) is 11.6 Å². The van der Waals surface area contributed by atoms with Gasteiger partial charge in [-0.25, -0.2) is 12.7 Å². The molecule has 1 aromatic carbocycles. The molecule has 0 aliphatic rings. The van der Waals surface area contributed by atoms with Crippen LogP contribution in [0.1, 0.15) is 0 Å². The third-order valence-electron chi connectivity index (χ3n) is 2.53. The van der Waals surface area contributed by atoms with Gasteiger partial charge >= 0.3 is 0 Å². The SMILES string of the molecule is CN(C)S(=O)(=O)c1cc2ccc(=O)[nH]c2cc1Cl. The van der Waals surface area contributed by atoms with Gasteiger partial charge in [-0.15, -0.1) is 0 Å². The van der Waals surface area contributed by atoms with Crippen molar-refractivity contribution in [2.75, 3.05) is 14.1 Å². The summed E-state index contributed by atoms with van der Waals surface area (Å²) in [6.45, 7) is 0. The Balaban J connectivity index is 2.79. The minimum absolute atomic E-state index is 0.0220. The van der Waals surface area contributed by atoms with Crippen molar-refractivity contribution in [2.45, 2.75) is 4.90 Å². The van der Waals surface area contributed by atoms with Gasteiger partial charge in [-0.1, -0.05) is 11.6 Å². The van der Waals surface area contributed by atoms with Crippen molar-refractivity contribution in [3.63, 3.8) is 0 Å². The normalized spacial score (nSPS) is 12.2. The van der Waals surface area contributed by atoms with Crippen LogP contribution in [0, 0.1) is 0 Å². The lowest BCUT2D eigenvalue weighted by Gasteiger charge is -2.13. The largest absolute Gasteiger partial charge is 0.322 e. The van der Waals surface area contributed by atoms with Gasteiger partial charge in [-0.2, -0.15) is 0 Å². The maximum Gasteiger partial charge on any atom is 0.248 e. The van der Waals surface area contributed by atoms with Gasteiger partial charge in [0.25, 0.3) is 0 Å². The Bertz CT molecular complexity index is 765. The summed E-state index contributed by atoms with van der Waals surface area (Å²) in [7, 11) is -0.733. The van der Waals surface area contributed by atoms with Crippen LogP contribution < -0.4 is 5.56 Å². The summed E-state index contributed by atoms with van der Waals surface area (Å²) in [4.78, 5) is 13.8. The molecule has 0 saturated heterocycles. The molecule has 2 aromatic rings. The van der Waals surface area contributed by atoms with E-state index in [2.05, 4.69) is 4.98 Å². The van der Waals surface area contributed by atoms with E-state index in [1.54, 1.807) is 6.07 Å². The third-order valence-corrected chi connectivity index (χ3v) is 4.81. The summed E-state index contributed by atoms with van der Waals surface area (Å²) in [5, 5.41) is 0.692. The number of nitrogens with zero attached hydrogens (tertiary/aromatic N) is 1. The molecule has 0 amide bonds. The van der Waals surface area contributed by atoms with E-state index >= 15 is 0 Å². The number of sulfonamides is 1. The Hall–Kier alpha value is -1.37. The number of nitrogens with one attached hydrogen (secondary N) is 1. The molecule has 5 nitrogen and oxygen atoms in total. The van der Waals surface area contributed by atoms with Gasteiger partial charge in [-0.3, -0.25) is 4.79 Å². The Kier molecular flexibility index (Phi) is 3.18. The predicted octanol–water partition coefficient (Wildman–Crippen LogP) is 1.43. The lowest BCUT2D eigenvalue weighted by atomic mass is 10.2. The first-order valence-corrected chi connectivity index (χ1v) is 6.89. The van der Waals surface area contributed by atoms with Gasteiger partial charge in [0.1, 0.15) is 4.90 Å². The molecule has 0 bridgehead atoms. The quantitative estimate of drug-likeness (QED) is 0.908. The molecule has 1 heterocycles. The van der Waals surface area contributed by atoms with E-state index in [0.29, 0.717) is 10.9 Å². The van der Waals surface area contributed by atoms with Crippen LogP contribution in [0.15, 0.2) is 34.0 Å². The van der Waals surface area contributed by atoms with Crippen LogP contribution in [0.3, 0.4) is 0 Å². The molecule has 0 aliphatic carbocycles. The molecule has 18 heavy (non-hydrogen) atoms. The van der Waals surface area contributed by atoms with E-state index in [1.807, 2.05) is 0 Å². The number of hydrogen-bond acceptors (Lipinski definition) is 3. The van der Waals surface area contributed by atoms with Gasteiger partial charge < -0.3 is 4.98 Å². The fraction of sp³-hybridized carbons (Fsp3) is 0.182. The fourth-order valence-corrected chi connectivity index (χ4v) is 2.98. The number of fused-ring (bicyclic) bond motifs is 1. The number of pyridine rings is 1. The summed E-state index contributed by atoms with van der Waals surface area (Å²) in [5.41, 5.74) is 0.243. The van der Waals surface area contributed by atoms with Crippen molar-refractivity contribution >= 4 is 32.5 Å². The van der Waals surface area contributed by atoms with E-state index < -0.39 is 10.0 Å². The van der Waals surface area contributed by atoms with Gasteiger partial charge in [-0.05, 0) is 23.6 Å². The molecule has 0 saturated carbocycles. The average Bonchev–Trinajstić information content (AvgIpc) is 2.27. The molecule has 7 heteroatoms. The first kappa shape index (κ1) is 13.1. The molecule has 0 atom stereocenters. The Labute approximate surface area is 109 Å². The number of benzene rings is 1. The molecule has 0 aliphatic heterocycles. The molecule has 0 unspecified atom stereocenters. The van der Waals surface area contributed by atoms with E-state index in [1.165, 1.54) is 32.3 Å². The van der Waals surface area contributed by atoms with E-state index in [9.17, 15) is 13.2 Å². The number of aromatic nitrogens is 1. The maximum absolute atomic E-state index is 12.0. The molecule has 0 fully saturated rings. The predicted molar refractivity (Wildman–Crippen MR) is 70.5 cm³/mol. The zero-order valence-corrected chi connectivity index (χ0v) is 11.3. The topological polar surface area (TPSA) is 70.2 Å². The Morgan fingerprint density at radius 2 is 1.89 bits per heavy atom. The summed E-state index contributed by atoms with van der Waals surface area (Å²) in [6, 6.07) is 5.78. The fourth-order valence-electron chi connectivity index (χ4n) is 1.55. The lowest BCUT2D eigenvalue weighted by Crippen LogP contribution is -2.22. The van der Waals surface area contributed by atoms with Gasteiger partial charge in [0, 0.05) is 25.7 Å². The second-order valence-electron chi connectivity index (χ2n) is 3.98. The van der Waals surface area contributed by atoms with Crippen molar-refractivity contribution in [1.29, 1.82) is 0 Å². The molecule has 0 spiro atoms. The van der Waals surface area contributed by atoms with Crippen LogP contribution in [0.25, 0.3) is 10.9 Å². The number of aromatic amines is 1. The third kappa shape index (κ3) is 2.14. The van der Waals surface area contributed by atoms with Crippen molar-refractivity contribution in [1.82, 2.24) is 9.29 Å². The Morgan fingerprint density at radius 3 is 2.50 bits per heavy atom. The van der Waals surface area contributed by atoms with Crippen LogP contribution >= 0.6 is 11.6 Å². The van der Waals surface area contributed by atoms with Crippen LogP contribution in [-0.2, 0) is 10.0 Å². The highest BCUT2D eigenvalue weighted by molar-refractivity contribution is 7.89. The lowest BCUT2D eigenvalue weighted by molar-refractivity contribution is 0.521. The first-order chi connectivity index (χ1) is 8.32. The van der Waals surface area contributed by atoms with Crippen molar-refractivity contribution in [3.05, 3.63) is 39.6 Å². The molecule has 1 N–H and O–H groups in total. The molecular weight excluding hydrogens is 276 g/mol. The van der Waals surface area contributed by atoms with E-state index in [0.717, 1.165) is 4.31 Å². The highest BCUT2D eigenvalue weighted by atomic mass is 35.5. The highest BCUT2D eigenvalue weighted by Gasteiger charge is 2.21. The van der Waals surface area contributed by atoms with E-state index in [-0.39, 0.29) is 15.5 Å². The smallest absolute Gasteiger partial charge is 0.248 e. The average molecular weight is 287 g/mol. The number of hydrogen-bond donors (Lipinski definition) is 1. The summed E-state index contributed by atoms with van der Waals surface area (Å²) in [5.74, 6) is 0. The summed E-state index contributed by atoms with van der Waals surface area (Å²) >= 11 is 5.96. The van der Waals surface area contributed by atoms with Gasteiger partial charge in [0.2, 0.25) is 15.6 Å². The molecule has 0 radical (unpaired) electrons. The van der Waals surface area contributed by atoms with Crippen molar-refractivity contribution < 1.29 is 8.42 Å². The maximum atomic E-state index is 12.0. The molecule has 96 valence electrons. The number of rotatable bonds is 2. The second kappa shape index (κ2) is 4.38. The standard InChI is InChI=1S/C11H11ClN2O3S/c1-14(2)18(16,17)10-5-7-3-4-11(15)13-9(7)6-8(10)12/h3-6H,1-2H3,(H,13,15). The number of H-pyrrole nitrogens is 1.